The summed E-state index contributed by atoms with van der Waals surface area (Å²) in [6, 6.07) is 0. The number of rotatable bonds is 1. The second kappa shape index (κ2) is 4.93. The van der Waals surface area contributed by atoms with Crippen molar-refractivity contribution in [3.8, 4) is 0 Å². The molecule has 22 heavy (non-hydrogen) atoms. The first-order chi connectivity index (χ1) is 10.6. The van der Waals surface area contributed by atoms with Crippen molar-refractivity contribution in [2.75, 3.05) is 19.7 Å². The molecule has 1 aromatic heterocycles. The van der Waals surface area contributed by atoms with Gasteiger partial charge in [0, 0.05) is 12.0 Å². The topological polar surface area (TPSA) is 67.5 Å². The van der Waals surface area contributed by atoms with Crippen LogP contribution in [0.4, 0.5) is 0 Å². The second-order valence-corrected chi connectivity index (χ2v) is 6.59. The van der Waals surface area contributed by atoms with Gasteiger partial charge in [-0.2, -0.15) is 5.10 Å². The fourth-order valence-electron chi connectivity index (χ4n) is 3.66. The average molecular weight is 303 g/mol. The van der Waals surface area contributed by atoms with Gasteiger partial charge >= 0.3 is 0 Å². The summed E-state index contributed by atoms with van der Waals surface area (Å²) < 4.78 is 11.6. The van der Waals surface area contributed by atoms with Crippen molar-refractivity contribution >= 4 is 5.91 Å². The van der Waals surface area contributed by atoms with Gasteiger partial charge in [0.25, 0.3) is 5.91 Å². The third-order valence-electron chi connectivity index (χ3n) is 4.82. The number of H-pyrrole nitrogens is 1. The number of fused-ring (bicyclic) bond motifs is 1. The van der Waals surface area contributed by atoms with E-state index in [2.05, 4.69) is 16.3 Å². The van der Waals surface area contributed by atoms with Crippen molar-refractivity contribution in [3.05, 3.63) is 29.1 Å². The number of carbonyl (C=O) groups excluding carboxylic acids is 1. The molecule has 1 N–H and O–H groups in total. The van der Waals surface area contributed by atoms with E-state index in [4.69, 9.17) is 9.47 Å². The Morgan fingerprint density at radius 1 is 1.41 bits per heavy atom. The molecule has 0 saturated carbocycles. The molecule has 3 aliphatic heterocycles. The van der Waals surface area contributed by atoms with E-state index in [-0.39, 0.29) is 23.7 Å². The van der Waals surface area contributed by atoms with Gasteiger partial charge in [0.15, 0.2) is 5.69 Å². The normalized spacial score (nSPS) is 29.3. The molecule has 118 valence electrons. The number of hydrogen-bond donors (Lipinski definition) is 1. The Morgan fingerprint density at radius 3 is 2.95 bits per heavy atom. The van der Waals surface area contributed by atoms with E-state index in [9.17, 15) is 4.79 Å². The lowest BCUT2D eigenvalue weighted by molar-refractivity contribution is -0.124. The minimum Gasteiger partial charge on any atom is -0.369 e. The average Bonchev–Trinajstić information content (AvgIpc) is 2.89. The van der Waals surface area contributed by atoms with E-state index in [1.807, 2.05) is 24.8 Å². The van der Waals surface area contributed by atoms with E-state index in [0.29, 0.717) is 25.4 Å². The maximum atomic E-state index is 12.7. The van der Waals surface area contributed by atoms with E-state index in [1.165, 1.54) is 0 Å². The molecule has 1 fully saturated rings. The first-order valence-electron chi connectivity index (χ1n) is 7.89. The quantitative estimate of drug-likeness (QED) is 0.800. The van der Waals surface area contributed by atoms with Crippen LogP contribution < -0.4 is 0 Å². The predicted octanol–water partition coefficient (Wildman–Crippen LogP) is 1.60. The van der Waals surface area contributed by atoms with Gasteiger partial charge in [-0.3, -0.25) is 9.89 Å². The molecular formula is C16H21N3O3. The van der Waals surface area contributed by atoms with E-state index in [1.54, 1.807) is 0 Å². The standard InChI is InChI=1S/C16H21N3O3/c1-10-7-12-13(11(2)22-10)17-18-14(12)15(20)19-8-16(9-19)5-3-4-6-21-16/h3-4,10-11H,5-9H2,1-2H3,(H,17,18)/t10-,11+/m1/s1. The lowest BCUT2D eigenvalue weighted by Gasteiger charge is -2.50. The molecule has 0 aromatic carbocycles. The highest BCUT2D eigenvalue weighted by Crippen LogP contribution is 2.35. The molecule has 0 bridgehead atoms. The van der Waals surface area contributed by atoms with Crippen LogP contribution in [0.5, 0.6) is 0 Å². The highest BCUT2D eigenvalue weighted by molar-refractivity contribution is 5.94. The highest BCUT2D eigenvalue weighted by Gasteiger charge is 2.47. The third-order valence-corrected chi connectivity index (χ3v) is 4.82. The molecule has 0 unspecified atom stereocenters. The molecule has 4 rings (SSSR count). The Hall–Kier alpha value is -1.66. The van der Waals surface area contributed by atoms with Crippen LogP contribution in [0.2, 0.25) is 0 Å². The summed E-state index contributed by atoms with van der Waals surface area (Å²) in [6.45, 7) is 5.97. The molecule has 1 aromatic rings. The smallest absolute Gasteiger partial charge is 0.274 e. The zero-order chi connectivity index (χ0) is 15.3. The van der Waals surface area contributed by atoms with Crippen LogP contribution in [0.3, 0.4) is 0 Å². The van der Waals surface area contributed by atoms with Gasteiger partial charge in [-0.25, -0.2) is 0 Å². The summed E-state index contributed by atoms with van der Waals surface area (Å²) in [4.78, 5) is 14.6. The second-order valence-electron chi connectivity index (χ2n) is 6.59. The number of ether oxygens (including phenoxy) is 2. The minimum atomic E-state index is -0.162. The Kier molecular flexibility index (Phi) is 3.13. The molecule has 0 radical (unpaired) electrons. The van der Waals surface area contributed by atoms with Gasteiger partial charge in [0.2, 0.25) is 0 Å². The van der Waals surface area contributed by atoms with Crippen molar-refractivity contribution in [2.24, 2.45) is 0 Å². The summed E-state index contributed by atoms with van der Waals surface area (Å²) in [6.07, 6.45) is 5.86. The van der Waals surface area contributed by atoms with Gasteiger partial charge in [-0.05, 0) is 20.3 Å². The SMILES string of the molecule is C[C@@H]1Cc2c(C(=O)N3CC4(CC=CCO4)C3)n[nH]c2[C@H](C)O1. The fraction of sp³-hybridized carbons (Fsp3) is 0.625. The van der Waals surface area contributed by atoms with Crippen molar-refractivity contribution in [3.63, 3.8) is 0 Å². The number of nitrogens with one attached hydrogen (secondary N) is 1. The van der Waals surface area contributed by atoms with Crippen LogP contribution in [-0.2, 0) is 15.9 Å². The highest BCUT2D eigenvalue weighted by atomic mass is 16.5. The Balaban J connectivity index is 1.52. The van der Waals surface area contributed by atoms with Gasteiger partial charge in [0.1, 0.15) is 5.60 Å². The van der Waals surface area contributed by atoms with Crippen LogP contribution >= 0.6 is 0 Å². The number of aromatic amines is 1. The van der Waals surface area contributed by atoms with Crippen molar-refractivity contribution < 1.29 is 14.3 Å². The largest absolute Gasteiger partial charge is 0.369 e. The van der Waals surface area contributed by atoms with Crippen LogP contribution in [0, 0.1) is 0 Å². The maximum Gasteiger partial charge on any atom is 0.274 e. The zero-order valence-corrected chi connectivity index (χ0v) is 13.0. The van der Waals surface area contributed by atoms with Crippen molar-refractivity contribution in [1.82, 2.24) is 15.1 Å². The Morgan fingerprint density at radius 2 is 2.23 bits per heavy atom. The summed E-state index contributed by atoms with van der Waals surface area (Å²) in [5.41, 5.74) is 2.35. The Bertz CT molecular complexity index is 631. The number of carbonyl (C=O) groups is 1. The lowest BCUT2D eigenvalue weighted by Crippen LogP contribution is -2.65. The minimum absolute atomic E-state index is 0.00239. The summed E-state index contributed by atoms with van der Waals surface area (Å²) in [5, 5.41) is 7.25. The summed E-state index contributed by atoms with van der Waals surface area (Å²) in [5.74, 6) is 0.00239. The maximum absolute atomic E-state index is 12.7. The third kappa shape index (κ3) is 2.09. The van der Waals surface area contributed by atoms with Crippen LogP contribution in [-0.4, -0.2) is 52.4 Å². The van der Waals surface area contributed by atoms with Crippen molar-refractivity contribution in [1.29, 1.82) is 0 Å². The van der Waals surface area contributed by atoms with Gasteiger partial charge in [0.05, 0.1) is 37.6 Å². The van der Waals surface area contributed by atoms with Crippen LogP contribution in [0.15, 0.2) is 12.2 Å². The molecule has 1 spiro atoms. The molecule has 0 aliphatic carbocycles. The first kappa shape index (κ1) is 14.0. The monoisotopic (exact) mass is 303 g/mol. The number of hydrogen-bond acceptors (Lipinski definition) is 4. The van der Waals surface area contributed by atoms with E-state index in [0.717, 1.165) is 24.1 Å². The van der Waals surface area contributed by atoms with Crippen LogP contribution in [0.25, 0.3) is 0 Å². The molecule has 1 saturated heterocycles. The molecule has 1 amide bonds. The number of nitrogens with zero attached hydrogens (tertiary/aromatic N) is 2. The summed E-state index contributed by atoms with van der Waals surface area (Å²) >= 11 is 0. The zero-order valence-electron chi connectivity index (χ0n) is 13.0. The van der Waals surface area contributed by atoms with E-state index < -0.39 is 0 Å². The van der Waals surface area contributed by atoms with Gasteiger partial charge in [-0.15, -0.1) is 0 Å². The predicted molar refractivity (Wildman–Crippen MR) is 79.6 cm³/mol. The van der Waals surface area contributed by atoms with E-state index >= 15 is 0 Å². The van der Waals surface area contributed by atoms with Crippen molar-refractivity contribution in [2.45, 2.75) is 44.5 Å². The van der Waals surface area contributed by atoms with Gasteiger partial charge in [-0.1, -0.05) is 12.2 Å². The molecule has 4 heterocycles. The molecule has 2 atom stereocenters. The molecule has 3 aliphatic rings. The Labute approximate surface area is 129 Å². The van der Waals surface area contributed by atoms with Crippen LogP contribution in [0.1, 0.15) is 48.1 Å². The molecule has 6 heteroatoms. The number of likely N-dealkylation sites (tertiary alicyclic amines) is 1. The summed E-state index contributed by atoms with van der Waals surface area (Å²) in [7, 11) is 0. The first-order valence-corrected chi connectivity index (χ1v) is 7.89. The molecule has 6 nitrogen and oxygen atoms in total. The van der Waals surface area contributed by atoms with Gasteiger partial charge < -0.3 is 14.4 Å². The molecular weight excluding hydrogens is 282 g/mol. The lowest BCUT2D eigenvalue weighted by atomic mass is 9.88. The fourth-order valence-corrected chi connectivity index (χ4v) is 3.66. The number of amides is 1. The number of aromatic nitrogens is 2.